The van der Waals surface area contributed by atoms with E-state index in [0.717, 1.165) is 37.8 Å². The first-order valence-corrected chi connectivity index (χ1v) is 16.6. The molecular weight excluding hydrogens is 568 g/mol. The van der Waals surface area contributed by atoms with E-state index < -0.39 is 17.5 Å². The average Bonchev–Trinajstić information content (AvgIpc) is 3.50. The lowest BCUT2D eigenvalue weighted by atomic mass is 9.84. The third-order valence-electron chi connectivity index (χ3n) is 9.18. The van der Waals surface area contributed by atoms with E-state index in [1.807, 2.05) is 52.8 Å². The molecule has 2 N–H and O–H groups in total. The molecule has 2 aliphatic heterocycles. The van der Waals surface area contributed by atoms with Crippen LogP contribution in [0.5, 0.6) is 0 Å². The third kappa shape index (κ3) is 9.37. The average molecular weight is 625 g/mol. The molecule has 10 heteroatoms. The molecule has 2 saturated heterocycles. The molecule has 10 nitrogen and oxygen atoms in total. The summed E-state index contributed by atoms with van der Waals surface area (Å²) in [5.74, 6) is -0.653. The number of pyridine rings is 1. The summed E-state index contributed by atoms with van der Waals surface area (Å²) in [4.78, 5) is 64.1. The molecule has 0 saturated carbocycles. The Balaban J connectivity index is 1.75. The van der Waals surface area contributed by atoms with Gasteiger partial charge in [-0.15, -0.1) is 0 Å². The van der Waals surface area contributed by atoms with Crippen molar-refractivity contribution in [2.45, 2.75) is 124 Å². The van der Waals surface area contributed by atoms with E-state index in [1.165, 1.54) is 0 Å². The van der Waals surface area contributed by atoms with Gasteiger partial charge in [-0.2, -0.15) is 0 Å². The second-order valence-electron chi connectivity index (χ2n) is 14.4. The zero-order chi connectivity index (χ0) is 33.5. The minimum Gasteiger partial charge on any atom is -0.350 e. The largest absolute Gasteiger partial charge is 0.350 e. The Hall–Kier alpha value is -3.27. The summed E-state index contributed by atoms with van der Waals surface area (Å²) >= 11 is 0. The fourth-order valence-electron chi connectivity index (χ4n) is 6.49. The Labute approximate surface area is 270 Å². The van der Waals surface area contributed by atoms with Crippen molar-refractivity contribution in [3.05, 3.63) is 41.7 Å². The Morgan fingerprint density at radius 1 is 0.978 bits per heavy atom. The highest BCUT2D eigenvalue weighted by atomic mass is 16.2. The van der Waals surface area contributed by atoms with Crippen LogP contribution in [0.1, 0.15) is 93.1 Å². The number of aromatic nitrogens is 1. The van der Waals surface area contributed by atoms with Crippen molar-refractivity contribution in [2.75, 3.05) is 20.1 Å². The van der Waals surface area contributed by atoms with Gasteiger partial charge >= 0.3 is 0 Å². The van der Waals surface area contributed by atoms with E-state index in [-0.39, 0.29) is 47.7 Å². The Morgan fingerprint density at radius 3 is 2.22 bits per heavy atom. The van der Waals surface area contributed by atoms with Crippen molar-refractivity contribution >= 4 is 23.6 Å². The maximum absolute atomic E-state index is 14.1. The molecule has 0 aromatic carbocycles. The molecule has 4 atom stereocenters. The zero-order valence-electron chi connectivity index (χ0n) is 28.9. The monoisotopic (exact) mass is 624 g/mol. The number of piperidine rings is 1. The van der Waals surface area contributed by atoms with Gasteiger partial charge in [-0.3, -0.25) is 29.1 Å². The molecule has 250 valence electrons. The van der Waals surface area contributed by atoms with Crippen LogP contribution in [0, 0.1) is 11.3 Å². The van der Waals surface area contributed by atoms with Crippen LogP contribution in [0.25, 0.3) is 0 Å². The number of carbonyl (C=O) groups excluding carboxylic acids is 4. The molecule has 2 fully saturated rings. The Kier molecular flexibility index (Phi) is 12.7. The molecule has 4 amide bonds. The molecule has 2 aliphatic rings. The molecule has 0 bridgehead atoms. The van der Waals surface area contributed by atoms with E-state index in [0.29, 0.717) is 25.1 Å². The maximum Gasteiger partial charge on any atom is 0.249 e. The highest BCUT2D eigenvalue weighted by Crippen LogP contribution is 2.27. The summed E-state index contributed by atoms with van der Waals surface area (Å²) in [6, 6.07) is 2.03. The fourth-order valence-corrected chi connectivity index (χ4v) is 6.49. The van der Waals surface area contributed by atoms with Gasteiger partial charge in [-0.25, -0.2) is 0 Å². The van der Waals surface area contributed by atoms with Crippen molar-refractivity contribution in [3.8, 4) is 0 Å². The minimum absolute atomic E-state index is 0.00540. The van der Waals surface area contributed by atoms with Crippen LogP contribution >= 0.6 is 0 Å². The number of amides is 4. The maximum atomic E-state index is 14.1. The lowest BCUT2D eigenvalue weighted by molar-refractivity contribution is -0.142. The van der Waals surface area contributed by atoms with E-state index in [1.54, 1.807) is 36.2 Å². The van der Waals surface area contributed by atoms with Crippen molar-refractivity contribution in [2.24, 2.45) is 11.3 Å². The summed E-state index contributed by atoms with van der Waals surface area (Å²) in [6.07, 6.45) is 9.41. The first-order valence-electron chi connectivity index (χ1n) is 16.6. The number of hydrogen-bond donors (Lipinski definition) is 2. The van der Waals surface area contributed by atoms with Gasteiger partial charge in [0.05, 0.1) is 12.1 Å². The van der Waals surface area contributed by atoms with Crippen LogP contribution < -0.4 is 10.6 Å². The van der Waals surface area contributed by atoms with Crippen molar-refractivity contribution in [1.82, 2.24) is 30.3 Å². The third-order valence-corrected chi connectivity index (χ3v) is 9.18. The molecule has 45 heavy (non-hydrogen) atoms. The number of carbonyl (C=O) groups is 4. The Morgan fingerprint density at radius 2 is 1.62 bits per heavy atom. The standard InChI is InChI=1S/C35H56N6O4/c1-23(2)29(21-25(5)33(44)41-20-12-14-27(41)31(42)37-22-26-15-17-36-18-16-26)39(9)34(45)30(35(6,7)8)38-32(43)28-13-10-11-19-40(28)24(3)4/h15-18,21,23-24,27-30H,10-14,19-20,22H2,1-9H3,(H,37,42)(H,38,43)/t27-,28+,29+,30+/m0/s1. The van der Waals surface area contributed by atoms with Crippen LogP contribution in [-0.4, -0.2) is 93.7 Å². The van der Waals surface area contributed by atoms with E-state index in [2.05, 4.69) is 34.4 Å². The summed E-state index contributed by atoms with van der Waals surface area (Å²) in [6.45, 7) is 17.6. The van der Waals surface area contributed by atoms with Gasteiger partial charge < -0.3 is 20.4 Å². The van der Waals surface area contributed by atoms with Crippen LogP contribution in [0.15, 0.2) is 36.2 Å². The quantitative estimate of drug-likeness (QED) is 0.361. The lowest BCUT2D eigenvalue weighted by Crippen LogP contribution is -2.60. The van der Waals surface area contributed by atoms with E-state index in [4.69, 9.17) is 0 Å². The van der Waals surface area contributed by atoms with Crippen LogP contribution in [0.4, 0.5) is 0 Å². The summed E-state index contributed by atoms with van der Waals surface area (Å²) in [7, 11) is 1.75. The molecule has 3 rings (SSSR count). The minimum atomic E-state index is -0.733. The lowest BCUT2D eigenvalue weighted by Gasteiger charge is -2.41. The SMILES string of the molecule is CC(=C[C@H](C(C)C)N(C)C(=O)[C@@H](NC(=O)[C@H]1CCCCN1C(C)C)C(C)(C)C)C(=O)N1CCC[C@H]1C(=O)NCc1ccncc1. The number of hydrogen-bond acceptors (Lipinski definition) is 6. The van der Waals surface area contributed by atoms with Crippen LogP contribution in [0.2, 0.25) is 0 Å². The number of nitrogens with one attached hydrogen (secondary N) is 2. The van der Waals surface area contributed by atoms with E-state index >= 15 is 0 Å². The highest BCUT2D eigenvalue weighted by Gasteiger charge is 2.40. The van der Waals surface area contributed by atoms with Gasteiger partial charge in [-0.1, -0.05) is 47.1 Å². The van der Waals surface area contributed by atoms with Crippen molar-refractivity contribution < 1.29 is 19.2 Å². The fraction of sp³-hybridized carbons (Fsp3) is 0.686. The number of rotatable bonds is 11. The first-order chi connectivity index (χ1) is 21.1. The predicted octanol–water partition coefficient (Wildman–Crippen LogP) is 3.91. The molecule has 1 aromatic heterocycles. The first kappa shape index (κ1) is 36.2. The molecule has 0 radical (unpaired) electrons. The van der Waals surface area contributed by atoms with Crippen molar-refractivity contribution in [3.63, 3.8) is 0 Å². The number of nitrogens with zero attached hydrogens (tertiary/aromatic N) is 4. The van der Waals surface area contributed by atoms with Crippen molar-refractivity contribution in [1.29, 1.82) is 0 Å². The second-order valence-corrected chi connectivity index (χ2v) is 14.4. The smallest absolute Gasteiger partial charge is 0.249 e. The number of likely N-dealkylation sites (tertiary alicyclic amines) is 2. The second kappa shape index (κ2) is 15.8. The molecule has 1 aromatic rings. The summed E-state index contributed by atoms with van der Waals surface area (Å²) in [5.41, 5.74) is 0.910. The van der Waals surface area contributed by atoms with E-state index in [9.17, 15) is 19.2 Å². The normalized spacial score (nSPS) is 21.0. The molecule has 0 unspecified atom stereocenters. The van der Waals surface area contributed by atoms with Gasteiger partial charge in [-0.05, 0) is 82.0 Å². The highest BCUT2D eigenvalue weighted by molar-refractivity contribution is 5.97. The zero-order valence-corrected chi connectivity index (χ0v) is 28.9. The van der Waals surface area contributed by atoms with Gasteiger partial charge in [0.15, 0.2) is 0 Å². The van der Waals surface area contributed by atoms with Gasteiger partial charge in [0.25, 0.3) is 0 Å². The van der Waals surface area contributed by atoms with Gasteiger partial charge in [0, 0.05) is 44.1 Å². The van der Waals surface area contributed by atoms with Crippen LogP contribution in [-0.2, 0) is 25.7 Å². The predicted molar refractivity (Wildman–Crippen MR) is 177 cm³/mol. The van der Waals surface area contributed by atoms with Crippen LogP contribution in [0.3, 0.4) is 0 Å². The summed E-state index contributed by atoms with van der Waals surface area (Å²) in [5, 5.41) is 6.09. The van der Waals surface area contributed by atoms with Gasteiger partial charge in [0.2, 0.25) is 23.6 Å². The Bertz CT molecular complexity index is 1210. The van der Waals surface area contributed by atoms with Gasteiger partial charge in [0.1, 0.15) is 12.1 Å². The summed E-state index contributed by atoms with van der Waals surface area (Å²) < 4.78 is 0. The molecular formula is C35H56N6O4. The molecule has 0 aliphatic carbocycles. The molecule has 3 heterocycles. The topological polar surface area (TPSA) is 115 Å². The number of likely N-dealkylation sites (N-methyl/N-ethyl adjacent to an activating group) is 1. The molecule has 0 spiro atoms.